The molecule has 0 spiro atoms. The van der Waals surface area contributed by atoms with Gasteiger partial charge in [0.15, 0.2) is 5.43 Å². The standard InChI is InChI=1S/C17H17FN2O2/c1-10-5-16(21)15(8-19-10)17(22)20-9-13-7-14(18)4-3-12(13)6-11(20)2/h3-5,7-8,11H,6,9H2,1-2H3,(H,19,21)/t11-/m1/s1. The largest absolute Gasteiger partial charge is 0.364 e. The number of fused-ring (bicyclic) bond motifs is 1. The van der Waals surface area contributed by atoms with Gasteiger partial charge in [-0.1, -0.05) is 6.07 Å². The Morgan fingerprint density at radius 1 is 1.32 bits per heavy atom. The normalized spacial score (nSPS) is 17.2. The van der Waals surface area contributed by atoms with E-state index in [0.29, 0.717) is 18.7 Å². The molecule has 114 valence electrons. The number of amides is 1. The van der Waals surface area contributed by atoms with Crippen molar-refractivity contribution in [1.29, 1.82) is 0 Å². The second kappa shape index (κ2) is 5.40. The Morgan fingerprint density at radius 3 is 2.82 bits per heavy atom. The molecule has 1 N–H and O–H groups in total. The molecule has 2 heterocycles. The maximum absolute atomic E-state index is 13.4. The van der Waals surface area contributed by atoms with E-state index in [4.69, 9.17) is 0 Å². The summed E-state index contributed by atoms with van der Waals surface area (Å²) >= 11 is 0. The van der Waals surface area contributed by atoms with Gasteiger partial charge >= 0.3 is 0 Å². The van der Waals surface area contributed by atoms with E-state index in [1.54, 1.807) is 17.9 Å². The summed E-state index contributed by atoms with van der Waals surface area (Å²) in [5.41, 5.74) is 2.39. The number of carbonyl (C=O) groups excluding carboxylic acids is 1. The highest BCUT2D eigenvalue weighted by atomic mass is 19.1. The van der Waals surface area contributed by atoms with Gasteiger partial charge in [0.1, 0.15) is 11.4 Å². The van der Waals surface area contributed by atoms with Gasteiger partial charge in [0.2, 0.25) is 0 Å². The van der Waals surface area contributed by atoms with Crippen molar-refractivity contribution >= 4 is 5.91 Å². The molecule has 1 aliphatic heterocycles. The van der Waals surface area contributed by atoms with Gasteiger partial charge in [0.05, 0.1) is 0 Å². The second-order valence-corrected chi connectivity index (χ2v) is 5.79. The van der Waals surface area contributed by atoms with E-state index in [-0.39, 0.29) is 28.8 Å². The molecule has 1 aromatic heterocycles. The molecule has 1 aromatic carbocycles. The van der Waals surface area contributed by atoms with Crippen molar-refractivity contribution in [2.24, 2.45) is 0 Å². The molecule has 0 bridgehead atoms. The Kier molecular flexibility index (Phi) is 3.56. The Balaban J connectivity index is 1.94. The van der Waals surface area contributed by atoms with Crippen LogP contribution in [0.3, 0.4) is 0 Å². The van der Waals surface area contributed by atoms with Crippen molar-refractivity contribution in [1.82, 2.24) is 9.88 Å². The van der Waals surface area contributed by atoms with Crippen LogP contribution in [0.15, 0.2) is 35.3 Å². The van der Waals surface area contributed by atoms with Crippen molar-refractivity contribution in [3.8, 4) is 0 Å². The molecule has 4 nitrogen and oxygen atoms in total. The minimum absolute atomic E-state index is 0.0360. The predicted molar refractivity (Wildman–Crippen MR) is 81.2 cm³/mol. The zero-order valence-corrected chi connectivity index (χ0v) is 12.5. The maximum Gasteiger partial charge on any atom is 0.259 e. The van der Waals surface area contributed by atoms with Gasteiger partial charge in [-0.2, -0.15) is 0 Å². The van der Waals surface area contributed by atoms with E-state index < -0.39 is 0 Å². The Hall–Kier alpha value is -2.43. The molecule has 0 fully saturated rings. The number of hydrogen-bond donors (Lipinski definition) is 1. The first-order valence-corrected chi connectivity index (χ1v) is 7.23. The van der Waals surface area contributed by atoms with Gasteiger partial charge in [-0.05, 0) is 43.5 Å². The molecule has 0 saturated heterocycles. The van der Waals surface area contributed by atoms with Gasteiger partial charge in [0.25, 0.3) is 5.91 Å². The number of aromatic nitrogens is 1. The summed E-state index contributed by atoms with van der Waals surface area (Å²) in [6, 6.07) is 6.04. The molecule has 0 saturated carbocycles. The molecular formula is C17H17FN2O2. The highest BCUT2D eigenvalue weighted by Crippen LogP contribution is 2.25. The lowest BCUT2D eigenvalue weighted by molar-refractivity contribution is 0.0656. The first kappa shape index (κ1) is 14.5. The fourth-order valence-corrected chi connectivity index (χ4v) is 2.88. The van der Waals surface area contributed by atoms with Gasteiger partial charge in [-0.3, -0.25) is 9.59 Å². The quantitative estimate of drug-likeness (QED) is 0.879. The minimum atomic E-state index is -0.316. The molecule has 0 unspecified atom stereocenters. The molecule has 0 aliphatic carbocycles. The van der Waals surface area contributed by atoms with Gasteiger partial charge in [0, 0.05) is 30.5 Å². The average Bonchev–Trinajstić information content (AvgIpc) is 2.46. The summed E-state index contributed by atoms with van der Waals surface area (Å²) in [5.74, 6) is -0.627. The topological polar surface area (TPSA) is 53.2 Å². The molecule has 5 heteroatoms. The SMILES string of the molecule is Cc1cc(=O)c(C(=O)N2Cc3cc(F)ccc3C[C@H]2C)c[nH]1. The highest BCUT2D eigenvalue weighted by molar-refractivity contribution is 5.94. The number of rotatable bonds is 1. The zero-order chi connectivity index (χ0) is 15.9. The van der Waals surface area contributed by atoms with Gasteiger partial charge in [-0.25, -0.2) is 4.39 Å². The number of benzene rings is 1. The van der Waals surface area contributed by atoms with Crippen LogP contribution in [0.4, 0.5) is 4.39 Å². The third-order valence-electron chi connectivity index (χ3n) is 4.10. The summed E-state index contributed by atoms with van der Waals surface area (Å²) in [6.07, 6.45) is 2.11. The van der Waals surface area contributed by atoms with Crippen molar-refractivity contribution in [3.63, 3.8) is 0 Å². The van der Waals surface area contributed by atoms with Gasteiger partial charge < -0.3 is 9.88 Å². The maximum atomic E-state index is 13.4. The number of H-pyrrole nitrogens is 1. The van der Waals surface area contributed by atoms with E-state index in [0.717, 1.165) is 11.1 Å². The first-order valence-electron chi connectivity index (χ1n) is 7.23. The number of carbonyl (C=O) groups is 1. The lowest BCUT2D eigenvalue weighted by Crippen LogP contribution is -2.44. The minimum Gasteiger partial charge on any atom is -0.364 e. The first-order chi connectivity index (χ1) is 10.5. The number of pyridine rings is 1. The van der Waals surface area contributed by atoms with Crippen LogP contribution >= 0.6 is 0 Å². The van der Waals surface area contributed by atoms with Crippen LogP contribution in [-0.4, -0.2) is 21.8 Å². The summed E-state index contributed by atoms with van der Waals surface area (Å²) in [7, 11) is 0. The summed E-state index contributed by atoms with van der Waals surface area (Å²) in [4.78, 5) is 29.2. The van der Waals surface area contributed by atoms with Crippen molar-refractivity contribution in [2.45, 2.75) is 32.9 Å². The van der Waals surface area contributed by atoms with Crippen LogP contribution in [0.25, 0.3) is 0 Å². The zero-order valence-electron chi connectivity index (χ0n) is 12.5. The van der Waals surface area contributed by atoms with Crippen LogP contribution in [0, 0.1) is 12.7 Å². The Morgan fingerprint density at radius 2 is 2.09 bits per heavy atom. The molecule has 1 aliphatic rings. The van der Waals surface area contributed by atoms with Crippen LogP contribution in [0.1, 0.15) is 34.1 Å². The number of nitrogens with zero attached hydrogens (tertiary/aromatic N) is 1. The van der Waals surface area contributed by atoms with Gasteiger partial charge in [-0.15, -0.1) is 0 Å². The van der Waals surface area contributed by atoms with E-state index in [2.05, 4.69) is 4.98 Å². The predicted octanol–water partition coefficient (Wildman–Crippen LogP) is 2.41. The number of nitrogens with one attached hydrogen (secondary N) is 1. The van der Waals surface area contributed by atoms with E-state index in [1.165, 1.54) is 24.4 Å². The summed E-state index contributed by atoms with van der Waals surface area (Å²) in [5, 5.41) is 0. The van der Waals surface area contributed by atoms with Crippen LogP contribution < -0.4 is 5.43 Å². The molecular weight excluding hydrogens is 283 g/mol. The fourth-order valence-electron chi connectivity index (χ4n) is 2.88. The van der Waals surface area contributed by atoms with Crippen molar-refractivity contribution < 1.29 is 9.18 Å². The van der Waals surface area contributed by atoms with E-state index in [9.17, 15) is 14.0 Å². The summed E-state index contributed by atoms with van der Waals surface area (Å²) < 4.78 is 13.4. The van der Waals surface area contributed by atoms with Crippen LogP contribution in [0.2, 0.25) is 0 Å². The molecule has 1 atom stereocenters. The van der Waals surface area contributed by atoms with E-state index >= 15 is 0 Å². The number of aryl methyl sites for hydroxylation is 1. The second-order valence-electron chi connectivity index (χ2n) is 5.79. The molecule has 3 rings (SSSR count). The fraction of sp³-hybridized carbons (Fsp3) is 0.294. The number of halogens is 1. The Labute approximate surface area is 127 Å². The Bertz CT molecular complexity index is 797. The van der Waals surface area contributed by atoms with Crippen LogP contribution in [-0.2, 0) is 13.0 Å². The summed E-state index contributed by atoms with van der Waals surface area (Å²) in [6.45, 7) is 4.02. The average molecular weight is 300 g/mol. The lowest BCUT2D eigenvalue weighted by atomic mass is 9.94. The molecule has 22 heavy (non-hydrogen) atoms. The monoisotopic (exact) mass is 300 g/mol. The molecule has 0 radical (unpaired) electrons. The number of hydrogen-bond acceptors (Lipinski definition) is 2. The smallest absolute Gasteiger partial charge is 0.259 e. The third kappa shape index (κ3) is 2.54. The number of aromatic amines is 1. The lowest BCUT2D eigenvalue weighted by Gasteiger charge is -2.34. The molecule has 1 amide bonds. The third-order valence-corrected chi connectivity index (χ3v) is 4.10. The van der Waals surface area contributed by atoms with Crippen molar-refractivity contribution in [2.75, 3.05) is 0 Å². The molecule has 2 aromatic rings. The van der Waals surface area contributed by atoms with Crippen LogP contribution in [0.5, 0.6) is 0 Å². The van der Waals surface area contributed by atoms with E-state index in [1.807, 2.05) is 6.92 Å². The van der Waals surface area contributed by atoms with Crippen molar-refractivity contribution in [3.05, 3.63) is 68.9 Å². The highest BCUT2D eigenvalue weighted by Gasteiger charge is 2.28.